The maximum Gasteiger partial charge on any atom is 0.387 e. The molecule has 3 N–H and O–H groups in total. The van der Waals surface area contributed by atoms with Crippen LogP contribution in [0.4, 0.5) is 18.9 Å². The van der Waals surface area contributed by atoms with E-state index in [-0.39, 0.29) is 11.6 Å². The van der Waals surface area contributed by atoms with Crippen molar-refractivity contribution >= 4 is 11.6 Å². The van der Waals surface area contributed by atoms with Crippen molar-refractivity contribution in [2.75, 3.05) is 11.9 Å². The van der Waals surface area contributed by atoms with E-state index in [0.717, 1.165) is 25.0 Å². The SMILES string of the molecule is NCCCCCC(=O)Nc1ccc(OC(F)F)c(F)c1. The Hall–Kier alpha value is -1.76. The van der Waals surface area contributed by atoms with Gasteiger partial charge in [-0.15, -0.1) is 0 Å². The van der Waals surface area contributed by atoms with Crippen molar-refractivity contribution < 1.29 is 22.7 Å². The number of unbranched alkanes of at least 4 members (excludes halogenated alkanes) is 2. The van der Waals surface area contributed by atoms with Crippen LogP contribution in [0.5, 0.6) is 5.75 Å². The van der Waals surface area contributed by atoms with Crippen molar-refractivity contribution in [2.24, 2.45) is 5.73 Å². The molecule has 0 saturated heterocycles. The summed E-state index contributed by atoms with van der Waals surface area (Å²) in [6.45, 7) is -2.51. The largest absolute Gasteiger partial charge is 0.432 e. The van der Waals surface area contributed by atoms with Crippen LogP contribution >= 0.6 is 0 Å². The molecule has 1 aromatic carbocycles. The van der Waals surface area contributed by atoms with Crippen LogP contribution in [0.15, 0.2) is 18.2 Å². The maximum atomic E-state index is 13.4. The van der Waals surface area contributed by atoms with Crippen LogP contribution < -0.4 is 15.8 Å². The molecule has 112 valence electrons. The molecule has 1 aromatic rings. The Morgan fingerprint density at radius 2 is 2.05 bits per heavy atom. The zero-order valence-corrected chi connectivity index (χ0v) is 10.9. The first-order valence-electron chi connectivity index (χ1n) is 6.27. The van der Waals surface area contributed by atoms with Crippen LogP contribution in [-0.4, -0.2) is 19.1 Å². The minimum Gasteiger partial charge on any atom is -0.432 e. The number of benzene rings is 1. The van der Waals surface area contributed by atoms with Crippen molar-refractivity contribution in [3.8, 4) is 5.75 Å². The number of carbonyl (C=O) groups excluding carboxylic acids is 1. The van der Waals surface area contributed by atoms with E-state index in [2.05, 4.69) is 10.1 Å². The van der Waals surface area contributed by atoms with Crippen LogP contribution in [0.2, 0.25) is 0 Å². The van der Waals surface area contributed by atoms with Gasteiger partial charge in [0, 0.05) is 18.2 Å². The molecular weight excluding hydrogens is 273 g/mol. The molecule has 0 radical (unpaired) electrons. The Kier molecular flexibility index (Phi) is 6.86. The number of alkyl halides is 2. The number of ether oxygens (including phenoxy) is 1. The minimum atomic E-state index is -3.09. The monoisotopic (exact) mass is 290 g/mol. The molecule has 0 bridgehead atoms. The van der Waals surface area contributed by atoms with E-state index in [0.29, 0.717) is 19.4 Å². The highest BCUT2D eigenvalue weighted by Gasteiger charge is 2.11. The number of halogens is 3. The van der Waals surface area contributed by atoms with E-state index in [1.54, 1.807) is 0 Å². The van der Waals surface area contributed by atoms with Crippen molar-refractivity contribution in [1.29, 1.82) is 0 Å². The lowest BCUT2D eigenvalue weighted by molar-refractivity contribution is -0.116. The lowest BCUT2D eigenvalue weighted by atomic mass is 10.2. The lowest BCUT2D eigenvalue weighted by Crippen LogP contribution is -2.12. The molecule has 0 aliphatic heterocycles. The highest BCUT2D eigenvalue weighted by atomic mass is 19.3. The summed E-state index contributed by atoms with van der Waals surface area (Å²) in [5.74, 6) is -1.77. The molecule has 1 amide bonds. The van der Waals surface area contributed by atoms with Gasteiger partial charge in [0.1, 0.15) is 0 Å². The summed E-state index contributed by atoms with van der Waals surface area (Å²) in [6.07, 6.45) is 2.69. The summed E-state index contributed by atoms with van der Waals surface area (Å²) in [6, 6.07) is 3.29. The van der Waals surface area contributed by atoms with Gasteiger partial charge in [-0.05, 0) is 31.5 Å². The summed E-state index contributed by atoms with van der Waals surface area (Å²) in [4.78, 5) is 11.5. The molecule has 1 rings (SSSR count). The van der Waals surface area contributed by atoms with Gasteiger partial charge in [0.05, 0.1) is 0 Å². The summed E-state index contributed by atoms with van der Waals surface area (Å²) in [5, 5.41) is 2.49. The summed E-state index contributed by atoms with van der Waals surface area (Å²) in [7, 11) is 0. The van der Waals surface area contributed by atoms with Crippen LogP contribution in [0, 0.1) is 5.82 Å². The molecule has 0 heterocycles. The van der Waals surface area contributed by atoms with E-state index >= 15 is 0 Å². The fourth-order valence-corrected chi connectivity index (χ4v) is 1.60. The summed E-state index contributed by atoms with van der Waals surface area (Å²) >= 11 is 0. The maximum absolute atomic E-state index is 13.4. The van der Waals surface area contributed by atoms with Gasteiger partial charge in [0.25, 0.3) is 0 Å². The third-order valence-electron chi connectivity index (χ3n) is 2.54. The van der Waals surface area contributed by atoms with Crippen molar-refractivity contribution in [1.82, 2.24) is 0 Å². The van der Waals surface area contributed by atoms with E-state index in [1.165, 1.54) is 6.07 Å². The van der Waals surface area contributed by atoms with Gasteiger partial charge in [-0.1, -0.05) is 6.42 Å². The van der Waals surface area contributed by atoms with Crippen molar-refractivity contribution in [2.45, 2.75) is 32.3 Å². The number of hydrogen-bond acceptors (Lipinski definition) is 3. The third-order valence-corrected chi connectivity index (χ3v) is 2.54. The molecule has 0 atom stereocenters. The van der Waals surface area contributed by atoms with Gasteiger partial charge in [-0.25, -0.2) is 4.39 Å². The lowest BCUT2D eigenvalue weighted by Gasteiger charge is -2.08. The average molecular weight is 290 g/mol. The Balaban J connectivity index is 2.48. The Morgan fingerprint density at radius 3 is 2.65 bits per heavy atom. The molecule has 0 aliphatic carbocycles. The quantitative estimate of drug-likeness (QED) is 0.724. The molecule has 0 fully saturated rings. The first-order valence-corrected chi connectivity index (χ1v) is 6.27. The van der Waals surface area contributed by atoms with Gasteiger partial charge in [-0.3, -0.25) is 4.79 Å². The molecule has 0 saturated carbocycles. The second-order valence-corrected chi connectivity index (χ2v) is 4.17. The number of hydrogen-bond donors (Lipinski definition) is 2. The Labute approximate surface area is 115 Å². The molecule has 4 nitrogen and oxygen atoms in total. The Bertz CT molecular complexity index is 442. The van der Waals surface area contributed by atoms with Gasteiger partial charge in [0.15, 0.2) is 11.6 Å². The topological polar surface area (TPSA) is 64.4 Å². The van der Waals surface area contributed by atoms with Crippen LogP contribution in [-0.2, 0) is 4.79 Å². The van der Waals surface area contributed by atoms with Gasteiger partial charge < -0.3 is 15.8 Å². The van der Waals surface area contributed by atoms with Crippen LogP contribution in [0.1, 0.15) is 25.7 Å². The van der Waals surface area contributed by atoms with Gasteiger partial charge in [-0.2, -0.15) is 8.78 Å². The second-order valence-electron chi connectivity index (χ2n) is 4.17. The highest BCUT2D eigenvalue weighted by molar-refractivity contribution is 5.90. The van der Waals surface area contributed by atoms with E-state index < -0.39 is 18.2 Å². The molecule has 20 heavy (non-hydrogen) atoms. The van der Waals surface area contributed by atoms with E-state index in [9.17, 15) is 18.0 Å². The van der Waals surface area contributed by atoms with Crippen molar-refractivity contribution in [3.63, 3.8) is 0 Å². The first kappa shape index (κ1) is 16.3. The third kappa shape index (κ3) is 5.92. The summed E-state index contributed by atoms with van der Waals surface area (Å²) < 4.78 is 41.2. The number of amides is 1. The van der Waals surface area contributed by atoms with Gasteiger partial charge in [0.2, 0.25) is 5.91 Å². The number of nitrogens with two attached hydrogens (primary N) is 1. The fraction of sp³-hybridized carbons (Fsp3) is 0.462. The van der Waals surface area contributed by atoms with E-state index in [4.69, 9.17) is 5.73 Å². The molecule has 0 aromatic heterocycles. The molecule has 0 spiro atoms. The average Bonchev–Trinajstić information content (AvgIpc) is 2.37. The Morgan fingerprint density at radius 1 is 1.30 bits per heavy atom. The predicted octanol–water partition coefficient (Wildman–Crippen LogP) is 2.88. The van der Waals surface area contributed by atoms with Crippen LogP contribution in [0.3, 0.4) is 0 Å². The van der Waals surface area contributed by atoms with Gasteiger partial charge >= 0.3 is 6.61 Å². The standard InChI is InChI=1S/C13H17F3N2O2/c14-10-8-9(5-6-11(10)20-13(15)16)18-12(19)4-2-1-3-7-17/h5-6,8,13H,1-4,7,17H2,(H,18,19). The van der Waals surface area contributed by atoms with E-state index in [1.807, 2.05) is 0 Å². The highest BCUT2D eigenvalue weighted by Crippen LogP contribution is 2.23. The molecular formula is C13H17F3N2O2. The molecule has 7 heteroatoms. The molecule has 0 unspecified atom stereocenters. The number of anilines is 1. The number of carbonyl (C=O) groups is 1. The smallest absolute Gasteiger partial charge is 0.387 e. The zero-order chi connectivity index (χ0) is 15.0. The number of rotatable bonds is 8. The number of nitrogens with one attached hydrogen (secondary N) is 1. The molecule has 0 aliphatic rings. The fourth-order valence-electron chi connectivity index (χ4n) is 1.60. The zero-order valence-electron chi connectivity index (χ0n) is 10.9. The van der Waals surface area contributed by atoms with Crippen molar-refractivity contribution in [3.05, 3.63) is 24.0 Å². The normalized spacial score (nSPS) is 10.7. The minimum absolute atomic E-state index is 0.202. The predicted molar refractivity (Wildman–Crippen MR) is 69.2 cm³/mol. The van der Waals surface area contributed by atoms with Crippen LogP contribution in [0.25, 0.3) is 0 Å². The second kappa shape index (κ2) is 8.42. The first-order chi connectivity index (χ1) is 9.52. The summed E-state index contributed by atoms with van der Waals surface area (Å²) in [5.41, 5.74) is 5.53.